The number of aryl methyl sites for hydroxylation is 1. The van der Waals surface area contributed by atoms with Gasteiger partial charge in [-0.1, -0.05) is 11.6 Å². The number of nitrogens with one attached hydrogen (secondary N) is 3. The molecular formula is C21H26ClN7O4S. The van der Waals surface area contributed by atoms with Gasteiger partial charge in [0.1, 0.15) is 11.4 Å². The average molecular weight is 508 g/mol. The predicted molar refractivity (Wildman–Crippen MR) is 125 cm³/mol. The molecule has 0 unspecified atom stereocenters. The van der Waals surface area contributed by atoms with E-state index >= 15 is 0 Å². The van der Waals surface area contributed by atoms with Crippen LogP contribution in [0.4, 0.5) is 0 Å². The summed E-state index contributed by atoms with van der Waals surface area (Å²) in [7, 11) is -2.65. The van der Waals surface area contributed by atoms with Crippen LogP contribution in [-0.2, 0) is 14.8 Å². The number of carbonyl (C=O) groups is 1. The Morgan fingerprint density at radius 2 is 1.97 bits per heavy atom. The molecule has 0 bridgehead atoms. The SMILES string of the molecule is CO[C@H](c1ncc(Cl)cn1)[C@H](C)S(=O)(=O)N/C(=N/NC(=O)c1cncc(C)c1)N[C@H]1CC12CC2. The number of sulfonamides is 1. The molecule has 3 N–H and O–H groups in total. The molecule has 11 nitrogen and oxygen atoms in total. The molecule has 2 aliphatic carbocycles. The van der Waals surface area contributed by atoms with Gasteiger partial charge < -0.3 is 10.1 Å². The number of nitrogens with zero attached hydrogens (tertiary/aromatic N) is 4. The van der Waals surface area contributed by atoms with Crippen molar-refractivity contribution in [3.05, 3.63) is 52.8 Å². The second kappa shape index (κ2) is 9.43. The van der Waals surface area contributed by atoms with Gasteiger partial charge in [0.25, 0.3) is 5.91 Å². The second-order valence-corrected chi connectivity index (χ2v) is 11.2. The molecule has 0 radical (unpaired) electrons. The van der Waals surface area contributed by atoms with E-state index in [4.69, 9.17) is 16.3 Å². The quantitative estimate of drug-likeness (QED) is 0.277. The molecule has 0 saturated heterocycles. The summed E-state index contributed by atoms with van der Waals surface area (Å²) in [5, 5.41) is 6.39. The molecule has 13 heteroatoms. The minimum Gasteiger partial charge on any atom is -0.372 e. The predicted octanol–water partition coefficient (Wildman–Crippen LogP) is 1.67. The van der Waals surface area contributed by atoms with Crippen molar-refractivity contribution < 1.29 is 17.9 Å². The number of carbonyl (C=O) groups excluding carboxylic acids is 1. The number of rotatable bonds is 8. The van der Waals surface area contributed by atoms with E-state index in [0.717, 1.165) is 24.8 Å². The van der Waals surface area contributed by atoms with E-state index in [9.17, 15) is 13.2 Å². The number of hydrazone groups is 1. The van der Waals surface area contributed by atoms with Crippen molar-refractivity contribution in [2.24, 2.45) is 10.5 Å². The number of amides is 1. The van der Waals surface area contributed by atoms with E-state index in [-0.39, 0.29) is 23.2 Å². The summed E-state index contributed by atoms with van der Waals surface area (Å²) in [6.07, 6.45) is 7.92. The highest BCUT2D eigenvalue weighted by molar-refractivity contribution is 7.90. The molecule has 2 aliphatic rings. The van der Waals surface area contributed by atoms with Crippen LogP contribution in [0.1, 0.15) is 54.0 Å². The fourth-order valence-electron chi connectivity index (χ4n) is 3.73. The number of pyridine rings is 1. The minimum absolute atomic E-state index is 0.0681. The third-order valence-corrected chi connectivity index (χ3v) is 8.00. The molecule has 1 amide bonds. The van der Waals surface area contributed by atoms with Crippen LogP contribution in [0.5, 0.6) is 0 Å². The maximum atomic E-state index is 13.2. The molecule has 2 fully saturated rings. The molecule has 182 valence electrons. The van der Waals surface area contributed by atoms with Gasteiger partial charge in [-0.2, -0.15) is 0 Å². The number of ether oxygens (including phenoxy) is 1. The summed E-state index contributed by atoms with van der Waals surface area (Å²) >= 11 is 5.83. The van der Waals surface area contributed by atoms with Crippen molar-refractivity contribution >= 4 is 33.5 Å². The van der Waals surface area contributed by atoms with Crippen LogP contribution >= 0.6 is 11.6 Å². The van der Waals surface area contributed by atoms with Crippen molar-refractivity contribution in [1.29, 1.82) is 0 Å². The van der Waals surface area contributed by atoms with Gasteiger partial charge in [-0.3, -0.25) is 14.5 Å². The van der Waals surface area contributed by atoms with Crippen molar-refractivity contribution in [3.63, 3.8) is 0 Å². The number of methoxy groups -OCH3 is 1. The van der Waals surface area contributed by atoms with Gasteiger partial charge >= 0.3 is 0 Å². The lowest BCUT2D eigenvalue weighted by molar-refractivity contribution is 0.0945. The zero-order valence-electron chi connectivity index (χ0n) is 18.9. The minimum atomic E-state index is -4.03. The highest BCUT2D eigenvalue weighted by atomic mass is 35.5. The van der Waals surface area contributed by atoms with Gasteiger partial charge in [-0.15, -0.1) is 5.10 Å². The smallest absolute Gasteiger partial charge is 0.273 e. The first-order valence-electron chi connectivity index (χ1n) is 10.7. The normalized spacial score (nSPS) is 20.4. The monoisotopic (exact) mass is 507 g/mol. The topological polar surface area (TPSA) is 148 Å². The van der Waals surface area contributed by atoms with Gasteiger partial charge in [-0.25, -0.2) is 23.8 Å². The molecule has 3 atom stereocenters. The molecule has 34 heavy (non-hydrogen) atoms. The highest BCUT2D eigenvalue weighted by Crippen LogP contribution is 2.65. The number of guanidine groups is 1. The van der Waals surface area contributed by atoms with E-state index in [1.54, 1.807) is 12.3 Å². The number of hydrogen-bond acceptors (Lipinski definition) is 8. The second-order valence-electron chi connectivity index (χ2n) is 8.68. The van der Waals surface area contributed by atoms with Crippen molar-refractivity contribution in [2.45, 2.75) is 50.5 Å². The van der Waals surface area contributed by atoms with Gasteiger partial charge in [0.2, 0.25) is 16.0 Å². The molecule has 2 aromatic rings. The molecule has 0 aliphatic heterocycles. The maximum Gasteiger partial charge on any atom is 0.273 e. The third kappa shape index (κ3) is 5.45. The Morgan fingerprint density at radius 3 is 2.56 bits per heavy atom. The van der Waals surface area contributed by atoms with Gasteiger partial charge in [0, 0.05) is 37.9 Å². The van der Waals surface area contributed by atoms with E-state index in [2.05, 4.69) is 35.5 Å². The first-order valence-corrected chi connectivity index (χ1v) is 12.6. The molecule has 1 spiro atoms. The molecule has 4 rings (SSSR count). The van der Waals surface area contributed by atoms with Crippen molar-refractivity contribution in [3.8, 4) is 0 Å². The van der Waals surface area contributed by atoms with Crippen LogP contribution in [0.2, 0.25) is 5.02 Å². The first kappa shape index (κ1) is 24.3. The van der Waals surface area contributed by atoms with E-state index in [0.29, 0.717) is 10.6 Å². The first-order chi connectivity index (χ1) is 16.1. The molecule has 2 heterocycles. The zero-order valence-corrected chi connectivity index (χ0v) is 20.5. The Hall–Kier alpha value is -2.83. The molecule has 2 aromatic heterocycles. The molecule has 2 saturated carbocycles. The lowest BCUT2D eigenvalue weighted by atomic mass is 10.2. The van der Waals surface area contributed by atoms with Crippen LogP contribution in [-0.4, -0.2) is 53.6 Å². The molecule has 0 aromatic carbocycles. The lowest BCUT2D eigenvalue weighted by Crippen LogP contribution is -2.48. The van der Waals surface area contributed by atoms with Gasteiger partial charge in [0.05, 0.1) is 10.6 Å². The Balaban J connectivity index is 1.51. The average Bonchev–Trinajstić information content (AvgIpc) is 3.72. The third-order valence-electron chi connectivity index (χ3n) is 6.10. The van der Waals surface area contributed by atoms with Crippen molar-refractivity contribution in [1.82, 2.24) is 30.4 Å². The van der Waals surface area contributed by atoms with Gasteiger partial charge in [-0.05, 0) is 50.2 Å². The lowest BCUT2D eigenvalue weighted by Gasteiger charge is -2.23. The molecular weight excluding hydrogens is 482 g/mol. The van der Waals surface area contributed by atoms with Crippen LogP contribution in [0, 0.1) is 12.3 Å². The van der Waals surface area contributed by atoms with Crippen LogP contribution in [0.3, 0.4) is 0 Å². The number of aromatic nitrogens is 3. The Bertz CT molecular complexity index is 1200. The van der Waals surface area contributed by atoms with E-state index in [1.165, 1.54) is 32.6 Å². The highest BCUT2D eigenvalue weighted by Gasteiger charge is 2.63. The summed E-state index contributed by atoms with van der Waals surface area (Å²) in [5.74, 6) is -0.402. The van der Waals surface area contributed by atoms with E-state index < -0.39 is 27.3 Å². The summed E-state index contributed by atoms with van der Waals surface area (Å²) in [4.78, 5) is 24.7. The fraction of sp³-hybridized carbons (Fsp3) is 0.476. The zero-order chi connectivity index (χ0) is 24.5. The standard InChI is InChI=1S/C21H26ClN7O4S/c1-12-6-14(9-23-8-12)19(30)27-28-20(26-16-7-21(16)4-5-21)29-34(31,32)13(2)17(33-3)18-24-10-15(22)11-25-18/h6,8-11,13,16-17H,4-5,7H2,1-3H3,(H,27,30)(H2,26,28,29)/t13-,16-,17-/m0/s1. The summed E-state index contributed by atoms with van der Waals surface area (Å²) in [6, 6.07) is 1.76. The summed E-state index contributed by atoms with van der Waals surface area (Å²) in [6.45, 7) is 3.29. The Labute approximate surface area is 202 Å². The summed E-state index contributed by atoms with van der Waals surface area (Å²) in [5.41, 5.74) is 3.74. The van der Waals surface area contributed by atoms with E-state index in [1.807, 2.05) is 6.92 Å². The number of halogens is 1. The Morgan fingerprint density at radius 1 is 1.26 bits per heavy atom. The Kier molecular flexibility index (Phi) is 6.74. The van der Waals surface area contributed by atoms with Crippen molar-refractivity contribution in [2.75, 3.05) is 7.11 Å². The largest absolute Gasteiger partial charge is 0.372 e. The maximum absolute atomic E-state index is 13.2. The summed E-state index contributed by atoms with van der Waals surface area (Å²) < 4.78 is 34.3. The van der Waals surface area contributed by atoms with Crippen LogP contribution in [0.25, 0.3) is 0 Å². The van der Waals surface area contributed by atoms with Crippen LogP contribution in [0.15, 0.2) is 36.0 Å². The fourth-order valence-corrected chi connectivity index (χ4v) is 4.95. The van der Waals surface area contributed by atoms with Crippen LogP contribution < -0.4 is 15.5 Å². The van der Waals surface area contributed by atoms with Gasteiger partial charge in [0.15, 0.2) is 5.82 Å². The number of hydrogen-bond donors (Lipinski definition) is 3.